The van der Waals surface area contributed by atoms with E-state index in [9.17, 15) is 29.4 Å². The van der Waals surface area contributed by atoms with E-state index in [2.05, 4.69) is 17.2 Å². The van der Waals surface area contributed by atoms with Crippen molar-refractivity contribution in [2.45, 2.75) is 83.5 Å². The first-order chi connectivity index (χ1) is 23.6. The minimum absolute atomic E-state index is 0.0275. The maximum absolute atomic E-state index is 13.2. The number of aromatic hydroxyl groups is 2. The number of amides is 2. The number of fused-ring (bicyclic) bond motifs is 2. The molecule has 1 heterocycles. The Balaban J connectivity index is 1.19. The summed E-state index contributed by atoms with van der Waals surface area (Å²) in [6.07, 6.45) is -0.106. The molecular formula is C38H45N3O9. The summed E-state index contributed by atoms with van der Waals surface area (Å²) in [5.41, 5.74) is 2.17. The van der Waals surface area contributed by atoms with Gasteiger partial charge >= 0.3 is 11.9 Å². The third-order valence-electron chi connectivity index (χ3n) is 8.57. The predicted molar refractivity (Wildman–Crippen MR) is 184 cm³/mol. The lowest BCUT2D eigenvalue weighted by Gasteiger charge is -2.38. The van der Waals surface area contributed by atoms with Gasteiger partial charge in [-0.3, -0.25) is 14.4 Å². The van der Waals surface area contributed by atoms with Crippen LogP contribution in [0.15, 0.2) is 60.7 Å². The van der Waals surface area contributed by atoms with Gasteiger partial charge in [-0.25, -0.2) is 4.79 Å². The van der Waals surface area contributed by atoms with Gasteiger partial charge in [-0.05, 0) is 51.8 Å². The number of benzene rings is 2. The Hall–Kier alpha value is -5.28. The number of ether oxygens (including phenoxy) is 2. The van der Waals surface area contributed by atoms with Crippen LogP contribution in [0.4, 0.5) is 0 Å². The number of likely N-dealkylation sites (N-methyl/N-ethyl adjacent to an activating group) is 1. The standard InChI is InChI=1S/C38H45N3O9/c1-37(2,25-48-38(3,4)22-23-39-31(42)16-20-36(47)50-41-33(44)17-18-34(41)45)40(5)32(43)19-21-35(46)49-30-24-28-12-7-6-10-26(28)14-15-27-11-8-9-13-29(27)30/h6-13,17-18,30,44-45H,16,19-25H2,1-5H3,(H,39,42). The van der Waals surface area contributed by atoms with Gasteiger partial charge in [-0.2, -0.15) is 0 Å². The van der Waals surface area contributed by atoms with Crippen molar-refractivity contribution in [2.24, 2.45) is 0 Å². The fraction of sp³-hybridized carbons (Fsp3) is 0.421. The lowest BCUT2D eigenvalue weighted by Crippen LogP contribution is -2.50. The van der Waals surface area contributed by atoms with Crippen molar-refractivity contribution in [3.05, 3.63) is 82.9 Å². The largest absolute Gasteiger partial charge is 0.492 e. The minimum Gasteiger partial charge on any atom is -0.492 e. The van der Waals surface area contributed by atoms with Crippen LogP contribution in [-0.4, -0.2) is 74.9 Å². The lowest BCUT2D eigenvalue weighted by molar-refractivity contribution is -0.152. The van der Waals surface area contributed by atoms with Gasteiger partial charge < -0.3 is 34.7 Å². The summed E-state index contributed by atoms with van der Waals surface area (Å²) in [5.74, 6) is 3.66. The van der Waals surface area contributed by atoms with Crippen LogP contribution in [0.5, 0.6) is 11.8 Å². The first-order valence-electron chi connectivity index (χ1n) is 16.5. The summed E-state index contributed by atoms with van der Waals surface area (Å²) in [7, 11) is 1.68. The number of esters is 1. The monoisotopic (exact) mass is 687 g/mol. The Morgan fingerprint density at radius 2 is 1.48 bits per heavy atom. The summed E-state index contributed by atoms with van der Waals surface area (Å²) in [4.78, 5) is 56.9. The number of hydrogen-bond acceptors (Lipinski definition) is 9. The number of nitrogens with one attached hydrogen (secondary N) is 1. The van der Waals surface area contributed by atoms with Gasteiger partial charge in [0.2, 0.25) is 23.6 Å². The van der Waals surface area contributed by atoms with Gasteiger partial charge in [0.1, 0.15) is 6.10 Å². The van der Waals surface area contributed by atoms with E-state index >= 15 is 0 Å². The molecule has 1 atom stereocenters. The SMILES string of the molecule is CN(C(=O)CCC(=O)OC1Cc2ccccc2C#Cc2ccccc21)C(C)(C)COC(C)(C)CCNC(=O)CCC(=O)On1c(O)ccc1O. The highest BCUT2D eigenvalue weighted by atomic mass is 16.7. The fourth-order valence-electron chi connectivity index (χ4n) is 5.18. The molecule has 3 aromatic rings. The Morgan fingerprint density at radius 3 is 2.20 bits per heavy atom. The molecule has 12 nitrogen and oxygen atoms in total. The maximum Gasteiger partial charge on any atom is 0.333 e. The second-order valence-electron chi connectivity index (χ2n) is 13.4. The van der Waals surface area contributed by atoms with Crippen molar-refractivity contribution >= 4 is 23.8 Å². The molecule has 0 saturated carbocycles. The van der Waals surface area contributed by atoms with Crippen molar-refractivity contribution in [2.75, 3.05) is 20.2 Å². The molecule has 1 aliphatic carbocycles. The van der Waals surface area contributed by atoms with Crippen LogP contribution in [-0.2, 0) is 35.1 Å². The molecule has 0 saturated heterocycles. The number of hydrogen-bond donors (Lipinski definition) is 3. The molecule has 12 heteroatoms. The zero-order chi connectivity index (χ0) is 36.5. The number of aromatic nitrogens is 1. The minimum atomic E-state index is -0.800. The molecule has 0 radical (unpaired) electrons. The van der Waals surface area contributed by atoms with Crippen LogP contribution in [0.25, 0.3) is 0 Å². The summed E-state index contributed by atoms with van der Waals surface area (Å²) >= 11 is 0. The highest BCUT2D eigenvalue weighted by molar-refractivity contribution is 5.82. The van der Waals surface area contributed by atoms with Crippen molar-refractivity contribution < 1.29 is 43.7 Å². The van der Waals surface area contributed by atoms with E-state index in [0.29, 0.717) is 17.6 Å². The molecule has 50 heavy (non-hydrogen) atoms. The Labute approximate surface area is 292 Å². The van der Waals surface area contributed by atoms with Crippen molar-refractivity contribution in [3.63, 3.8) is 0 Å². The van der Waals surface area contributed by atoms with Crippen molar-refractivity contribution in [3.8, 4) is 23.6 Å². The smallest absolute Gasteiger partial charge is 0.333 e. The van der Waals surface area contributed by atoms with E-state index in [1.807, 2.05) is 76.2 Å². The van der Waals surface area contributed by atoms with Crippen LogP contribution in [0.1, 0.15) is 88.2 Å². The van der Waals surface area contributed by atoms with Crippen LogP contribution in [0, 0.1) is 11.8 Å². The average Bonchev–Trinajstić information content (AvgIpc) is 3.39. The van der Waals surface area contributed by atoms with Gasteiger partial charge in [0.25, 0.3) is 0 Å². The van der Waals surface area contributed by atoms with Gasteiger partial charge in [0.05, 0.1) is 30.6 Å². The molecule has 0 spiro atoms. The van der Waals surface area contributed by atoms with E-state index in [0.717, 1.165) is 34.4 Å². The molecule has 2 aromatic carbocycles. The maximum atomic E-state index is 13.2. The second kappa shape index (κ2) is 16.4. The predicted octanol–water partition coefficient (Wildman–Crippen LogP) is 4.19. The lowest BCUT2D eigenvalue weighted by atomic mass is 9.92. The molecule has 3 N–H and O–H groups in total. The molecule has 1 aromatic heterocycles. The zero-order valence-corrected chi connectivity index (χ0v) is 29.2. The molecule has 2 amide bonds. The van der Waals surface area contributed by atoms with Crippen LogP contribution in [0.3, 0.4) is 0 Å². The Bertz CT molecular complexity index is 1750. The first kappa shape index (κ1) is 37.5. The number of nitrogens with zero attached hydrogens (tertiary/aromatic N) is 2. The Morgan fingerprint density at radius 1 is 0.860 bits per heavy atom. The topological polar surface area (TPSA) is 157 Å². The number of carbonyl (C=O) groups is 4. The van der Waals surface area contributed by atoms with Crippen molar-refractivity contribution in [1.29, 1.82) is 0 Å². The summed E-state index contributed by atoms with van der Waals surface area (Å²) < 4.78 is 12.7. The van der Waals surface area contributed by atoms with Crippen LogP contribution >= 0.6 is 0 Å². The summed E-state index contributed by atoms with van der Waals surface area (Å²) in [5, 5.41) is 21.8. The molecule has 1 unspecified atom stereocenters. The molecule has 0 aliphatic heterocycles. The highest BCUT2D eigenvalue weighted by Gasteiger charge is 2.32. The van der Waals surface area contributed by atoms with E-state index in [4.69, 9.17) is 14.3 Å². The van der Waals surface area contributed by atoms with E-state index in [-0.39, 0.29) is 50.6 Å². The van der Waals surface area contributed by atoms with Gasteiger partial charge in [-0.1, -0.05) is 48.2 Å². The van der Waals surface area contributed by atoms with Crippen LogP contribution < -0.4 is 10.2 Å². The summed E-state index contributed by atoms with van der Waals surface area (Å²) in [6.45, 7) is 7.97. The number of carbonyl (C=O) groups excluding carboxylic acids is 4. The molecule has 1 aliphatic rings. The normalized spacial score (nSPS) is 13.7. The molecule has 0 bridgehead atoms. The zero-order valence-electron chi connectivity index (χ0n) is 29.2. The van der Waals surface area contributed by atoms with E-state index in [1.54, 1.807) is 11.9 Å². The van der Waals surface area contributed by atoms with Gasteiger partial charge in [-0.15, -0.1) is 4.73 Å². The second-order valence-corrected chi connectivity index (χ2v) is 13.4. The highest BCUT2D eigenvalue weighted by Crippen LogP contribution is 2.29. The fourth-order valence-corrected chi connectivity index (χ4v) is 5.18. The third-order valence-corrected chi connectivity index (χ3v) is 8.57. The quantitative estimate of drug-likeness (QED) is 0.158. The third kappa shape index (κ3) is 10.4. The summed E-state index contributed by atoms with van der Waals surface area (Å²) in [6, 6.07) is 17.7. The van der Waals surface area contributed by atoms with Crippen molar-refractivity contribution in [1.82, 2.24) is 14.9 Å². The average molecular weight is 688 g/mol. The van der Waals surface area contributed by atoms with E-state index in [1.165, 1.54) is 0 Å². The van der Waals surface area contributed by atoms with Crippen LogP contribution in [0.2, 0.25) is 0 Å². The first-order valence-corrected chi connectivity index (χ1v) is 16.5. The molecule has 4 rings (SSSR count). The Kier molecular flexibility index (Phi) is 12.3. The van der Waals surface area contributed by atoms with E-state index < -0.39 is 40.9 Å². The number of rotatable bonds is 15. The molecule has 266 valence electrons. The van der Waals surface area contributed by atoms with Gasteiger partial charge in [0.15, 0.2) is 0 Å². The van der Waals surface area contributed by atoms with Gasteiger partial charge in [0, 0.05) is 61.7 Å². The molecular weight excluding hydrogens is 642 g/mol. The molecule has 0 fully saturated rings.